The van der Waals surface area contributed by atoms with Crippen LogP contribution in [0, 0.1) is 13.8 Å². The highest BCUT2D eigenvalue weighted by Gasteiger charge is 2.07. The smallest absolute Gasteiger partial charge is 0.166 e. The first kappa shape index (κ1) is 14.5. The summed E-state index contributed by atoms with van der Waals surface area (Å²) >= 11 is 3.55. The van der Waals surface area contributed by atoms with Crippen molar-refractivity contribution in [3.63, 3.8) is 0 Å². The van der Waals surface area contributed by atoms with Crippen LogP contribution in [0.3, 0.4) is 0 Å². The van der Waals surface area contributed by atoms with E-state index in [0.29, 0.717) is 0 Å². The number of nitrogens with zero attached hydrogens (tertiary/aromatic N) is 1. The summed E-state index contributed by atoms with van der Waals surface area (Å²) in [6, 6.07) is 14.6. The van der Waals surface area contributed by atoms with E-state index in [0.717, 1.165) is 27.7 Å². The Hall–Kier alpha value is -1.39. The zero-order valence-corrected chi connectivity index (χ0v) is 13.6. The van der Waals surface area contributed by atoms with Gasteiger partial charge in [0.15, 0.2) is 5.16 Å². The minimum atomic E-state index is 0.862. The third-order valence-corrected chi connectivity index (χ3v) is 5.27. The molecule has 0 amide bonds. The van der Waals surface area contributed by atoms with Crippen molar-refractivity contribution in [2.24, 2.45) is 0 Å². The molecule has 0 bridgehead atoms. The summed E-state index contributed by atoms with van der Waals surface area (Å²) in [5.41, 5.74) is 4.84. The number of para-hydroxylation sites is 2. The Balaban J connectivity index is 1.76. The fraction of sp³-hybridized carbons (Fsp3) is 0.176. The normalized spacial score (nSPS) is 11.1. The van der Waals surface area contributed by atoms with Crippen LogP contribution in [0.5, 0.6) is 0 Å². The van der Waals surface area contributed by atoms with Crippen molar-refractivity contribution in [1.29, 1.82) is 0 Å². The van der Waals surface area contributed by atoms with Gasteiger partial charge in [0.2, 0.25) is 0 Å². The highest BCUT2D eigenvalue weighted by atomic mass is 32.2. The van der Waals surface area contributed by atoms with Gasteiger partial charge in [0.1, 0.15) is 0 Å². The van der Waals surface area contributed by atoms with Crippen LogP contribution in [0.4, 0.5) is 0 Å². The predicted octanol–water partition coefficient (Wildman–Crippen LogP) is 5.09. The van der Waals surface area contributed by atoms with Gasteiger partial charge < -0.3 is 4.98 Å². The maximum absolute atomic E-state index is 4.61. The lowest BCUT2D eigenvalue weighted by Crippen LogP contribution is -1.90. The molecular weight excluding hydrogens is 296 g/mol. The monoisotopic (exact) mass is 313 g/mol. The van der Waals surface area contributed by atoms with Crippen molar-refractivity contribution in [3.05, 3.63) is 60.5 Å². The summed E-state index contributed by atoms with van der Waals surface area (Å²) in [6.07, 6.45) is 0. The maximum atomic E-state index is 4.61. The summed E-state index contributed by atoms with van der Waals surface area (Å²) in [5.74, 6) is 1.79. The summed E-state index contributed by atoms with van der Waals surface area (Å²) in [7, 11) is 0. The quantitative estimate of drug-likeness (QED) is 0.665. The van der Waals surface area contributed by atoms with Crippen molar-refractivity contribution < 1.29 is 0 Å². The fourth-order valence-electron chi connectivity index (χ4n) is 2.23. The zero-order chi connectivity index (χ0) is 14.7. The largest absolute Gasteiger partial charge is 0.333 e. The third kappa shape index (κ3) is 3.27. The molecular formula is C17H17N2S2. The molecule has 1 radical (unpaired) electrons. The second kappa shape index (κ2) is 6.58. The molecule has 3 aromatic rings. The van der Waals surface area contributed by atoms with Gasteiger partial charge in [0.25, 0.3) is 0 Å². The predicted molar refractivity (Wildman–Crippen MR) is 92.9 cm³/mol. The molecule has 0 aliphatic carbocycles. The molecule has 21 heavy (non-hydrogen) atoms. The van der Waals surface area contributed by atoms with Gasteiger partial charge in [-0.15, -0.1) is 11.8 Å². The van der Waals surface area contributed by atoms with E-state index in [1.54, 1.807) is 23.5 Å². The lowest BCUT2D eigenvalue weighted by atomic mass is 10.1. The zero-order valence-electron chi connectivity index (χ0n) is 11.9. The van der Waals surface area contributed by atoms with E-state index in [1.165, 1.54) is 16.0 Å². The highest BCUT2D eigenvalue weighted by molar-refractivity contribution is 7.99. The van der Waals surface area contributed by atoms with Gasteiger partial charge in [-0.2, -0.15) is 0 Å². The first-order valence-corrected chi connectivity index (χ1v) is 8.83. The van der Waals surface area contributed by atoms with Crippen molar-refractivity contribution in [1.82, 2.24) is 9.97 Å². The van der Waals surface area contributed by atoms with Crippen LogP contribution >= 0.6 is 23.5 Å². The molecule has 1 heterocycles. The van der Waals surface area contributed by atoms with Gasteiger partial charge in [0.05, 0.1) is 11.0 Å². The van der Waals surface area contributed by atoms with E-state index in [1.807, 2.05) is 18.2 Å². The molecule has 1 aromatic heterocycles. The average Bonchev–Trinajstić information content (AvgIpc) is 2.91. The Morgan fingerprint density at radius 2 is 1.95 bits per heavy atom. The molecule has 0 unspecified atom stereocenters. The number of benzene rings is 2. The molecule has 1 N–H and O–H groups in total. The Morgan fingerprint density at radius 1 is 1.10 bits per heavy atom. The van der Waals surface area contributed by atoms with Gasteiger partial charge in [-0.3, -0.25) is 0 Å². The molecule has 0 spiro atoms. The summed E-state index contributed by atoms with van der Waals surface area (Å²) in [4.78, 5) is 9.30. The fourth-order valence-corrected chi connectivity index (χ4v) is 3.92. The SMILES string of the molecule is [CH2]CSc1cccc(CSc2nc3ccccc3[nH]2)c1C. The molecule has 0 atom stereocenters. The molecule has 2 nitrogen and oxygen atoms in total. The van der Waals surface area contributed by atoms with Gasteiger partial charge in [-0.25, -0.2) is 4.98 Å². The van der Waals surface area contributed by atoms with Gasteiger partial charge in [0, 0.05) is 10.6 Å². The van der Waals surface area contributed by atoms with Crippen molar-refractivity contribution in [2.45, 2.75) is 22.7 Å². The number of rotatable bonds is 5. The van der Waals surface area contributed by atoms with E-state index >= 15 is 0 Å². The first-order valence-electron chi connectivity index (χ1n) is 6.86. The van der Waals surface area contributed by atoms with Crippen LogP contribution < -0.4 is 0 Å². The number of aromatic amines is 1. The number of aromatic nitrogens is 2. The second-order valence-corrected chi connectivity index (χ2v) is 6.84. The topological polar surface area (TPSA) is 28.7 Å². The number of fused-ring (bicyclic) bond motifs is 1. The summed E-state index contributed by atoms with van der Waals surface area (Å²) < 4.78 is 0. The van der Waals surface area contributed by atoms with Crippen LogP contribution in [0.2, 0.25) is 0 Å². The van der Waals surface area contributed by atoms with E-state index in [-0.39, 0.29) is 0 Å². The molecule has 4 heteroatoms. The van der Waals surface area contributed by atoms with Crippen molar-refractivity contribution in [3.8, 4) is 0 Å². The Labute approximate surface area is 133 Å². The van der Waals surface area contributed by atoms with E-state index in [9.17, 15) is 0 Å². The lowest BCUT2D eigenvalue weighted by Gasteiger charge is -2.09. The molecule has 3 rings (SSSR count). The molecule has 0 aliphatic rings. The molecule has 107 valence electrons. The van der Waals surface area contributed by atoms with Gasteiger partial charge in [-0.05, 0) is 48.9 Å². The molecule has 2 aromatic carbocycles. The van der Waals surface area contributed by atoms with Crippen LogP contribution in [0.15, 0.2) is 52.5 Å². The third-order valence-electron chi connectivity index (χ3n) is 3.39. The minimum Gasteiger partial charge on any atom is -0.333 e. The number of hydrogen-bond acceptors (Lipinski definition) is 3. The van der Waals surface area contributed by atoms with E-state index < -0.39 is 0 Å². The number of imidazole rings is 1. The van der Waals surface area contributed by atoms with E-state index in [2.05, 4.69) is 48.1 Å². The van der Waals surface area contributed by atoms with Crippen molar-refractivity contribution >= 4 is 34.6 Å². The molecule has 0 aliphatic heterocycles. The number of nitrogens with one attached hydrogen (secondary N) is 1. The standard InChI is InChI=1S/C17H17N2S2/c1-3-20-16-10-6-7-13(12(16)2)11-21-17-18-14-8-4-5-9-15(14)19-17/h4-10H,1,3,11H2,2H3,(H,18,19). The molecule has 0 fully saturated rings. The number of hydrogen-bond donors (Lipinski definition) is 1. The Bertz CT molecular complexity index is 716. The van der Waals surface area contributed by atoms with E-state index in [4.69, 9.17) is 0 Å². The van der Waals surface area contributed by atoms with Gasteiger partial charge >= 0.3 is 0 Å². The lowest BCUT2D eigenvalue weighted by molar-refractivity contribution is 1.08. The van der Waals surface area contributed by atoms with Crippen LogP contribution in [0.25, 0.3) is 11.0 Å². The summed E-state index contributed by atoms with van der Waals surface area (Å²) in [6.45, 7) is 6.10. The summed E-state index contributed by atoms with van der Waals surface area (Å²) in [5, 5.41) is 0.978. The van der Waals surface area contributed by atoms with Crippen LogP contribution in [-0.4, -0.2) is 15.7 Å². The van der Waals surface area contributed by atoms with Crippen molar-refractivity contribution in [2.75, 3.05) is 5.75 Å². The minimum absolute atomic E-state index is 0.862. The number of thioether (sulfide) groups is 2. The Kier molecular flexibility index (Phi) is 4.56. The Morgan fingerprint density at radius 3 is 2.76 bits per heavy atom. The number of H-pyrrole nitrogens is 1. The first-order chi connectivity index (χ1) is 10.3. The average molecular weight is 313 g/mol. The second-order valence-electron chi connectivity index (χ2n) is 4.74. The molecule has 0 saturated heterocycles. The highest BCUT2D eigenvalue weighted by Crippen LogP contribution is 2.29. The molecule has 0 saturated carbocycles. The van der Waals surface area contributed by atoms with Gasteiger partial charge in [-0.1, -0.05) is 36.0 Å². The van der Waals surface area contributed by atoms with Crippen LogP contribution in [0.1, 0.15) is 11.1 Å². The maximum Gasteiger partial charge on any atom is 0.166 e. The van der Waals surface area contributed by atoms with Crippen LogP contribution in [-0.2, 0) is 5.75 Å².